The largest absolute Gasteiger partial charge is 0.271 e. The van der Waals surface area contributed by atoms with Gasteiger partial charge in [0.2, 0.25) is 0 Å². The molecule has 0 N–H and O–H groups in total. The minimum Gasteiger partial charge on any atom is -0.271 e. The molecule has 3 unspecified atom stereocenters. The zero-order chi connectivity index (χ0) is 48.5. The second-order valence-corrected chi connectivity index (χ2v) is 18.2. The normalized spacial score (nSPS) is 16.6. The fraction of sp³-hybridized carbons (Fsp3) is 0.286. The van der Waals surface area contributed by atoms with Gasteiger partial charge in [0, 0.05) is 78.1 Å². The number of imide groups is 4. The van der Waals surface area contributed by atoms with Crippen molar-refractivity contribution < 1.29 is 38.4 Å². The Balaban J connectivity index is 0.000000170. The molecule has 0 saturated heterocycles. The number of rotatable bonds is 11. The van der Waals surface area contributed by atoms with Crippen LogP contribution < -0.4 is 0 Å². The van der Waals surface area contributed by atoms with Crippen molar-refractivity contribution >= 4 is 68.8 Å². The molecule has 3 atom stereocenters. The summed E-state index contributed by atoms with van der Waals surface area (Å²) in [6.45, 7) is 13.6. The van der Waals surface area contributed by atoms with Crippen molar-refractivity contribution in [2.24, 2.45) is 5.92 Å². The van der Waals surface area contributed by atoms with Crippen LogP contribution in [-0.2, 0) is 0 Å². The van der Waals surface area contributed by atoms with Crippen LogP contribution >= 0.6 is 0 Å². The third kappa shape index (κ3) is 6.79. The van der Waals surface area contributed by atoms with Gasteiger partial charge in [-0.25, -0.2) is 0 Å². The molecule has 8 amide bonds. The van der Waals surface area contributed by atoms with Crippen LogP contribution in [0.3, 0.4) is 0 Å². The van der Waals surface area contributed by atoms with Crippen LogP contribution in [0.5, 0.6) is 0 Å². The molecule has 0 aromatic heterocycles. The number of hydrogen-bond acceptors (Lipinski definition) is 8. The molecule has 12 heteroatoms. The van der Waals surface area contributed by atoms with Gasteiger partial charge in [0.1, 0.15) is 0 Å². The molecule has 0 bridgehead atoms. The SMILES string of the molecule is CCC(CC)N1C(=O)c2ccc3c4c(ccc(c24)C1=O)C(=O)N(C(CC)c1ccccc1)C3=O.CCC(c1ccccc1)N1C(=O)c2ccc3c4c(ccc(c24)C1=O)C(=O)N(C(C)C(C)C)C3=O. The quantitative estimate of drug-likeness (QED) is 0.117. The van der Waals surface area contributed by atoms with Crippen LogP contribution in [0.2, 0.25) is 0 Å². The Labute approximate surface area is 394 Å². The summed E-state index contributed by atoms with van der Waals surface area (Å²) in [5.74, 6) is -3.05. The van der Waals surface area contributed by atoms with Crippen molar-refractivity contribution in [3.63, 3.8) is 0 Å². The Hall–Kier alpha value is -7.60. The third-order valence-electron chi connectivity index (χ3n) is 14.4. The van der Waals surface area contributed by atoms with E-state index in [4.69, 9.17) is 0 Å². The molecule has 10 rings (SSSR count). The van der Waals surface area contributed by atoms with E-state index < -0.39 is 35.7 Å². The van der Waals surface area contributed by atoms with E-state index in [0.29, 0.717) is 91.7 Å². The summed E-state index contributed by atoms with van der Waals surface area (Å²) in [5, 5.41) is 1.64. The van der Waals surface area contributed by atoms with E-state index in [9.17, 15) is 38.4 Å². The van der Waals surface area contributed by atoms with Crippen LogP contribution in [0, 0.1) is 5.92 Å². The van der Waals surface area contributed by atoms with Gasteiger partial charge in [-0.05, 0) is 98.2 Å². The van der Waals surface area contributed by atoms with Crippen molar-refractivity contribution in [1.82, 2.24) is 19.6 Å². The summed E-state index contributed by atoms with van der Waals surface area (Å²) in [6, 6.07) is 30.7. The maximum Gasteiger partial charge on any atom is 0.261 e. The summed E-state index contributed by atoms with van der Waals surface area (Å²) in [5.41, 5.74) is 4.58. The van der Waals surface area contributed by atoms with Crippen LogP contribution in [0.15, 0.2) is 109 Å². The predicted octanol–water partition coefficient (Wildman–Crippen LogP) is 10.6. The average molecular weight is 909 g/mol. The monoisotopic (exact) mass is 908 g/mol. The third-order valence-corrected chi connectivity index (χ3v) is 14.4. The molecule has 0 radical (unpaired) electrons. The van der Waals surface area contributed by atoms with Crippen LogP contribution in [0.25, 0.3) is 21.5 Å². The Morgan fingerprint density at radius 1 is 0.324 bits per heavy atom. The minimum absolute atomic E-state index is 0.0862. The number of amides is 8. The highest BCUT2D eigenvalue weighted by Crippen LogP contribution is 2.43. The molecule has 0 aliphatic carbocycles. The molecule has 68 heavy (non-hydrogen) atoms. The van der Waals surface area contributed by atoms with Gasteiger partial charge >= 0.3 is 0 Å². The zero-order valence-electron chi connectivity index (χ0n) is 39.2. The first-order valence-corrected chi connectivity index (χ1v) is 23.5. The molecule has 6 aromatic carbocycles. The van der Waals surface area contributed by atoms with E-state index in [1.54, 1.807) is 48.5 Å². The van der Waals surface area contributed by atoms with E-state index in [1.165, 1.54) is 19.6 Å². The first-order chi connectivity index (χ1) is 32.7. The predicted molar refractivity (Wildman–Crippen MR) is 258 cm³/mol. The number of carbonyl (C=O) groups is 8. The number of nitrogens with zero attached hydrogens (tertiary/aromatic N) is 4. The maximum absolute atomic E-state index is 13.7. The highest BCUT2D eigenvalue weighted by Gasteiger charge is 2.45. The standard InChI is InChI=1S/2C28H26N2O4/c1-5-22(17-9-7-6-8-10-17)30-27(33)20-13-11-18-23-19(12-14-21(24(20)23)28(30)34)26(32)29(25(18)31)16(4)15(2)3;1-4-17(5-2)29-25(31)18-12-14-20-24-21(15-13-19(23(18)24)26(29)32)28(34)30(27(20)33)22(6-3)16-10-8-7-9-11-16/h6-16,22H,5H2,1-4H3;7-15,17,22H,4-6H2,1-3H3. The molecule has 0 saturated carbocycles. The van der Waals surface area contributed by atoms with Gasteiger partial charge in [-0.1, -0.05) is 102 Å². The van der Waals surface area contributed by atoms with Gasteiger partial charge in [-0.3, -0.25) is 58.0 Å². The van der Waals surface area contributed by atoms with Gasteiger partial charge in [0.15, 0.2) is 0 Å². The second kappa shape index (κ2) is 17.6. The lowest BCUT2D eigenvalue weighted by molar-refractivity contribution is 0.0498. The Bertz CT molecular complexity index is 2820. The average Bonchev–Trinajstić information content (AvgIpc) is 3.35. The topological polar surface area (TPSA) is 150 Å². The van der Waals surface area contributed by atoms with Crippen LogP contribution in [0.4, 0.5) is 0 Å². The first-order valence-electron chi connectivity index (χ1n) is 23.5. The molecule has 4 aliphatic rings. The lowest BCUT2D eigenvalue weighted by Crippen LogP contribution is -2.48. The van der Waals surface area contributed by atoms with Gasteiger partial charge in [0.25, 0.3) is 47.3 Å². The lowest BCUT2D eigenvalue weighted by atomic mass is 9.84. The molecule has 6 aromatic rings. The van der Waals surface area contributed by atoms with Crippen molar-refractivity contribution in [2.45, 2.75) is 98.3 Å². The molecule has 0 spiro atoms. The van der Waals surface area contributed by atoms with Gasteiger partial charge in [-0.2, -0.15) is 0 Å². The number of carbonyl (C=O) groups excluding carboxylic acids is 8. The van der Waals surface area contributed by atoms with Crippen molar-refractivity contribution in [2.75, 3.05) is 0 Å². The van der Waals surface area contributed by atoms with E-state index in [2.05, 4.69) is 0 Å². The van der Waals surface area contributed by atoms with Gasteiger partial charge in [0.05, 0.1) is 12.1 Å². The zero-order valence-corrected chi connectivity index (χ0v) is 39.2. The highest BCUT2D eigenvalue weighted by molar-refractivity contribution is 6.35. The summed E-state index contributed by atoms with van der Waals surface area (Å²) < 4.78 is 0. The summed E-state index contributed by atoms with van der Waals surface area (Å²) in [7, 11) is 0. The molecule has 4 aliphatic heterocycles. The first kappa shape index (κ1) is 45.6. The Kier molecular flexibility index (Phi) is 11.8. The van der Waals surface area contributed by atoms with E-state index >= 15 is 0 Å². The van der Waals surface area contributed by atoms with E-state index in [1.807, 2.05) is 109 Å². The molecule has 4 heterocycles. The molecule has 12 nitrogen and oxygen atoms in total. The summed E-state index contributed by atoms with van der Waals surface area (Å²) in [6.07, 6.45) is 2.45. The van der Waals surface area contributed by atoms with Gasteiger partial charge < -0.3 is 0 Å². The minimum atomic E-state index is -0.415. The lowest BCUT2D eigenvalue weighted by Gasteiger charge is -2.37. The molecule has 0 fully saturated rings. The Morgan fingerprint density at radius 2 is 0.574 bits per heavy atom. The van der Waals surface area contributed by atoms with Crippen LogP contribution in [-0.4, -0.2) is 78.9 Å². The maximum atomic E-state index is 13.7. The van der Waals surface area contributed by atoms with Crippen LogP contribution in [0.1, 0.15) is 180 Å². The van der Waals surface area contributed by atoms with E-state index in [0.717, 1.165) is 11.1 Å². The smallest absolute Gasteiger partial charge is 0.261 e. The fourth-order valence-corrected chi connectivity index (χ4v) is 10.5. The Morgan fingerprint density at radius 3 is 0.809 bits per heavy atom. The fourth-order valence-electron chi connectivity index (χ4n) is 10.5. The molecular formula is C56H52N4O8. The van der Waals surface area contributed by atoms with Crippen molar-refractivity contribution in [3.8, 4) is 0 Å². The van der Waals surface area contributed by atoms with E-state index in [-0.39, 0.29) is 41.6 Å². The summed E-state index contributed by atoms with van der Waals surface area (Å²) in [4.78, 5) is 113. The van der Waals surface area contributed by atoms with Crippen molar-refractivity contribution in [1.29, 1.82) is 0 Å². The second-order valence-electron chi connectivity index (χ2n) is 18.2. The molecule has 344 valence electrons. The van der Waals surface area contributed by atoms with Gasteiger partial charge in [-0.15, -0.1) is 0 Å². The number of hydrogen-bond donors (Lipinski definition) is 0. The molecular weight excluding hydrogens is 857 g/mol. The highest BCUT2D eigenvalue weighted by atomic mass is 16.2. The number of benzene rings is 6. The van der Waals surface area contributed by atoms with Crippen molar-refractivity contribution in [3.05, 3.63) is 165 Å². The summed E-state index contributed by atoms with van der Waals surface area (Å²) >= 11 is 0.